The molecule has 0 N–H and O–H groups in total. The van der Waals surface area contributed by atoms with Crippen LogP contribution in [0.2, 0.25) is 5.15 Å². The lowest BCUT2D eigenvalue weighted by Crippen LogP contribution is -2.39. The summed E-state index contributed by atoms with van der Waals surface area (Å²) in [5.74, 6) is 0. The standard InChI is InChI=1S/C14H22ClN3/c1-3-14(4-2)5-7-18(8-6-14)11-12-9-17-13(15)10-16-12/h9-10H,3-8,11H2,1-2H3. The largest absolute Gasteiger partial charge is 0.297 e. The number of likely N-dealkylation sites (tertiary alicyclic amines) is 1. The highest BCUT2D eigenvalue weighted by molar-refractivity contribution is 6.29. The zero-order valence-electron chi connectivity index (χ0n) is 11.3. The molecular formula is C14H22ClN3. The number of aromatic nitrogens is 2. The predicted molar refractivity (Wildman–Crippen MR) is 74.6 cm³/mol. The van der Waals surface area contributed by atoms with Crippen molar-refractivity contribution in [3.05, 3.63) is 23.2 Å². The Hall–Kier alpha value is -0.670. The molecule has 1 aliphatic rings. The molecule has 0 amide bonds. The number of nitrogens with zero attached hydrogens (tertiary/aromatic N) is 3. The third kappa shape index (κ3) is 3.21. The van der Waals surface area contributed by atoms with Crippen molar-refractivity contribution in [2.24, 2.45) is 5.41 Å². The van der Waals surface area contributed by atoms with Crippen LogP contribution >= 0.6 is 11.6 Å². The van der Waals surface area contributed by atoms with Gasteiger partial charge in [-0.1, -0.05) is 38.3 Å². The summed E-state index contributed by atoms with van der Waals surface area (Å²) in [5.41, 5.74) is 1.60. The molecule has 1 aromatic rings. The second-order valence-corrected chi connectivity index (χ2v) is 5.70. The molecule has 0 aliphatic carbocycles. The fourth-order valence-corrected chi connectivity index (χ4v) is 2.89. The molecule has 100 valence electrons. The lowest BCUT2D eigenvalue weighted by molar-refractivity contribution is 0.0900. The zero-order valence-corrected chi connectivity index (χ0v) is 12.1. The summed E-state index contributed by atoms with van der Waals surface area (Å²) in [5, 5.41) is 0.466. The van der Waals surface area contributed by atoms with E-state index in [0.717, 1.165) is 12.2 Å². The van der Waals surface area contributed by atoms with Gasteiger partial charge in [-0.25, -0.2) is 4.98 Å². The van der Waals surface area contributed by atoms with Gasteiger partial charge in [-0.15, -0.1) is 0 Å². The van der Waals surface area contributed by atoms with Crippen LogP contribution < -0.4 is 0 Å². The lowest BCUT2D eigenvalue weighted by Gasteiger charge is -2.40. The monoisotopic (exact) mass is 267 g/mol. The van der Waals surface area contributed by atoms with Crippen LogP contribution in [0.4, 0.5) is 0 Å². The van der Waals surface area contributed by atoms with E-state index < -0.39 is 0 Å². The summed E-state index contributed by atoms with van der Waals surface area (Å²) in [7, 11) is 0. The minimum atomic E-state index is 0.466. The smallest absolute Gasteiger partial charge is 0.147 e. The molecule has 18 heavy (non-hydrogen) atoms. The van der Waals surface area contributed by atoms with E-state index in [4.69, 9.17) is 11.6 Å². The maximum Gasteiger partial charge on any atom is 0.147 e. The Morgan fingerprint density at radius 3 is 2.33 bits per heavy atom. The van der Waals surface area contributed by atoms with Gasteiger partial charge in [-0.05, 0) is 31.3 Å². The van der Waals surface area contributed by atoms with E-state index in [-0.39, 0.29) is 0 Å². The first-order valence-corrected chi connectivity index (χ1v) is 7.24. The molecule has 1 fully saturated rings. The van der Waals surface area contributed by atoms with Crippen molar-refractivity contribution in [1.82, 2.24) is 14.9 Å². The first-order chi connectivity index (χ1) is 8.67. The SMILES string of the molecule is CCC1(CC)CCN(Cc2cnc(Cl)cn2)CC1. The predicted octanol–water partition coefficient (Wildman–Crippen LogP) is 3.53. The fourth-order valence-electron chi connectivity index (χ4n) is 2.79. The molecule has 2 rings (SSSR count). The highest BCUT2D eigenvalue weighted by Crippen LogP contribution is 2.38. The second kappa shape index (κ2) is 5.98. The van der Waals surface area contributed by atoms with Crippen LogP contribution in [0, 0.1) is 5.41 Å². The molecule has 1 aliphatic heterocycles. The van der Waals surface area contributed by atoms with Gasteiger partial charge in [0.25, 0.3) is 0 Å². The molecule has 0 atom stereocenters. The van der Waals surface area contributed by atoms with E-state index in [9.17, 15) is 0 Å². The maximum atomic E-state index is 5.74. The van der Waals surface area contributed by atoms with Crippen LogP contribution in [0.1, 0.15) is 45.2 Å². The van der Waals surface area contributed by atoms with Gasteiger partial charge in [0, 0.05) is 6.54 Å². The number of halogens is 1. The van der Waals surface area contributed by atoms with Crippen molar-refractivity contribution in [2.75, 3.05) is 13.1 Å². The van der Waals surface area contributed by atoms with Crippen molar-refractivity contribution in [2.45, 2.75) is 46.1 Å². The number of hydrogen-bond acceptors (Lipinski definition) is 3. The molecule has 1 saturated heterocycles. The molecule has 0 radical (unpaired) electrons. The highest BCUT2D eigenvalue weighted by atomic mass is 35.5. The first-order valence-electron chi connectivity index (χ1n) is 6.86. The average molecular weight is 268 g/mol. The van der Waals surface area contributed by atoms with Crippen molar-refractivity contribution < 1.29 is 0 Å². The minimum absolute atomic E-state index is 0.466. The van der Waals surface area contributed by atoms with E-state index in [2.05, 4.69) is 28.7 Å². The lowest BCUT2D eigenvalue weighted by atomic mass is 9.74. The molecule has 3 nitrogen and oxygen atoms in total. The van der Waals surface area contributed by atoms with Gasteiger partial charge < -0.3 is 0 Å². The van der Waals surface area contributed by atoms with E-state index in [1.807, 2.05) is 0 Å². The Balaban J connectivity index is 1.88. The highest BCUT2D eigenvalue weighted by Gasteiger charge is 2.31. The molecule has 0 saturated carbocycles. The zero-order chi connectivity index (χ0) is 13.0. The quantitative estimate of drug-likeness (QED) is 0.836. The Morgan fingerprint density at radius 1 is 1.17 bits per heavy atom. The topological polar surface area (TPSA) is 29.0 Å². The van der Waals surface area contributed by atoms with Crippen molar-refractivity contribution >= 4 is 11.6 Å². The van der Waals surface area contributed by atoms with Gasteiger partial charge in [-0.2, -0.15) is 0 Å². The molecule has 1 aromatic heterocycles. The van der Waals surface area contributed by atoms with Crippen LogP contribution in [0.5, 0.6) is 0 Å². The normalized spacial score (nSPS) is 19.9. The van der Waals surface area contributed by atoms with Crippen molar-refractivity contribution in [3.63, 3.8) is 0 Å². The number of hydrogen-bond donors (Lipinski definition) is 0. The second-order valence-electron chi connectivity index (χ2n) is 5.31. The van der Waals surface area contributed by atoms with Gasteiger partial charge in [0.15, 0.2) is 0 Å². The van der Waals surface area contributed by atoms with Crippen molar-refractivity contribution in [1.29, 1.82) is 0 Å². The Labute approximate surface area is 115 Å². The van der Waals surface area contributed by atoms with Gasteiger partial charge >= 0.3 is 0 Å². The Morgan fingerprint density at radius 2 is 1.83 bits per heavy atom. The molecule has 0 spiro atoms. The summed E-state index contributed by atoms with van der Waals surface area (Å²) in [6, 6.07) is 0. The van der Waals surface area contributed by atoms with Gasteiger partial charge in [0.05, 0.1) is 18.1 Å². The first kappa shape index (κ1) is 13.8. The summed E-state index contributed by atoms with van der Waals surface area (Å²) in [6.07, 6.45) is 8.63. The summed E-state index contributed by atoms with van der Waals surface area (Å²) < 4.78 is 0. The molecule has 2 heterocycles. The molecule has 0 bridgehead atoms. The summed E-state index contributed by atoms with van der Waals surface area (Å²) >= 11 is 5.74. The van der Waals surface area contributed by atoms with E-state index in [0.29, 0.717) is 10.6 Å². The third-order valence-corrected chi connectivity index (χ3v) is 4.67. The average Bonchev–Trinajstić information content (AvgIpc) is 2.43. The van der Waals surface area contributed by atoms with Crippen LogP contribution in [0.15, 0.2) is 12.4 Å². The van der Waals surface area contributed by atoms with Crippen LogP contribution in [0.25, 0.3) is 0 Å². The van der Waals surface area contributed by atoms with Crippen LogP contribution in [-0.2, 0) is 6.54 Å². The Kier molecular flexibility index (Phi) is 4.57. The minimum Gasteiger partial charge on any atom is -0.297 e. The van der Waals surface area contributed by atoms with Crippen LogP contribution in [0.3, 0.4) is 0 Å². The molecule has 0 unspecified atom stereocenters. The van der Waals surface area contributed by atoms with E-state index in [1.54, 1.807) is 12.4 Å². The number of piperidine rings is 1. The number of rotatable bonds is 4. The van der Waals surface area contributed by atoms with Crippen LogP contribution in [-0.4, -0.2) is 28.0 Å². The molecule has 4 heteroatoms. The third-order valence-electron chi connectivity index (χ3n) is 4.48. The summed E-state index contributed by atoms with van der Waals surface area (Å²) in [6.45, 7) is 7.89. The Bertz CT molecular complexity index is 363. The fraction of sp³-hybridized carbons (Fsp3) is 0.714. The van der Waals surface area contributed by atoms with Gasteiger partial charge in [0.2, 0.25) is 0 Å². The van der Waals surface area contributed by atoms with Gasteiger partial charge in [0.1, 0.15) is 5.15 Å². The van der Waals surface area contributed by atoms with Gasteiger partial charge in [-0.3, -0.25) is 9.88 Å². The molecular weight excluding hydrogens is 246 g/mol. The molecule has 0 aromatic carbocycles. The van der Waals surface area contributed by atoms with Crippen molar-refractivity contribution in [3.8, 4) is 0 Å². The van der Waals surface area contributed by atoms with E-state index >= 15 is 0 Å². The summed E-state index contributed by atoms with van der Waals surface area (Å²) in [4.78, 5) is 10.9. The maximum absolute atomic E-state index is 5.74. The van der Waals surface area contributed by atoms with E-state index in [1.165, 1.54) is 38.8 Å².